The molecule has 4 aliphatic heterocycles. The first kappa shape index (κ1) is 33.9. The van der Waals surface area contributed by atoms with Gasteiger partial charge in [0, 0.05) is 43.9 Å². The van der Waals surface area contributed by atoms with Crippen molar-refractivity contribution >= 4 is 41.0 Å². The quantitative estimate of drug-likeness (QED) is 0.262. The van der Waals surface area contributed by atoms with E-state index in [0.29, 0.717) is 36.4 Å². The van der Waals surface area contributed by atoms with Gasteiger partial charge in [0.05, 0.1) is 18.1 Å². The third-order valence-corrected chi connectivity index (χ3v) is 10.4. The van der Waals surface area contributed by atoms with Crippen LogP contribution in [0.2, 0.25) is 5.02 Å². The fourth-order valence-corrected chi connectivity index (χ4v) is 7.65. The second-order valence-electron chi connectivity index (χ2n) is 13.0. The maximum absolute atomic E-state index is 14.8. The van der Waals surface area contributed by atoms with E-state index >= 15 is 0 Å². The van der Waals surface area contributed by atoms with Crippen LogP contribution >= 0.6 is 11.6 Å². The van der Waals surface area contributed by atoms with Crippen LogP contribution in [0.4, 0.5) is 5.69 Å². The number of esters is 1. The number of hydrogen-bond acceptors (Lipinski definition) is 7. The van der Waals surface area contributed by atoms with Crippen molar-refractivity contribution in [1.82, 2.24) is 9.80 Å². The predicted octanol–water partition coefficient (Wildman–Crippen LogP) is 4.47. The van der Waals surface area contributed by atoms with Gasteiger partial charge in [-0.2, -0.15) is 0 Å². The van der Waals surface area contributed by atoms with Gasteiger partial charge in [0.15, 0.2) is 0 Å². The Morgan fingerprint density at radius 2 is 1.71 bits per heavy atom. The van der Waals surface area contributed by atoms with Crippen LogP contribution in [0.1, 0.15) is 50.7 Å². The standard InChI is InChI=1S/C37H42ClN3O7/c1-24-32(25-12-6-3-7-13-25)47-36(46)30-28-19-20-37(48-28)31(30)34(44)41(22-10-5-11-23-42)33(37)35(45)40(27-17-15-26(38)16-18-27)21-9-4-8-14-29(43)39(24)2/h3-4,6-7,9,12-13,15-20,24,28,30-33,42H,5,8,10-11,14,21-23H2,1-2H3/b9-4-/t24-,28+,30-,31-,32+,33+,37-/m1/s1. The van der Waals surface area contributed by atoms with Crippen LogP contribution in [0.3, 0.4) is 0 Å². The Morgan fingerprint density at radius 3 is 2.44 bits per heavy atom. The van der Waals surface area contributed by atoms with E-state index in [0.717, 1.165) is 5.56 Å². The summed E-state index contributed by atoms with van der Waals surface area (Å²) in [5.41, 5.74) is -0.0648. The molecule has 0 unspecified atom stereocenters. The van der Waals surface area contributed by atoms with Gasteiger partial charge in [0.25, 0.3) is 5.91 Å². The number of amides is 3. The molecule has 11 heteroatoms. The first-order valence-corrected chi connectivity index (χ1v) is 17.1. The van der Waals surface area contributed by atoms with Crippen LogP contribution in [0.15, 0.2) is 78.9 Å². The van der Waals surface area contributed by atoms with E-state index in [1.807, 2.05) is 49.4 Å². The van der Waals surface area contributed by atoms with Crippen molar-refractivity contribution in [1.29, 1.82) is 0 Å². The first-order chi connectivity index (χ1) is 23.2. The molecule has 2 fully saturated rings. The molecule has 0 radical (unpaired) electrons. The molecular weight excluding hydrogens is 634 g/mol. The van der Waals surface area contributed by atoms with Gasteiger partial charge in [0.2, 0.25) is 11.8 Å². The van der Waals surface area contributed by atoms with Gasteiger partial charge >= 0.3 is 5.97 Å². The lowest BCUT2D eigenvalue weighted by atomic mass is 9.74. The van der Waals surface area contributed by atoms with E-state index in [2.05, 4.69) is 0 Å². The molecule has 1 spiro atoms. The zero-order valence-corrected chi connectivity index (χ0v) is 28.0. The van der Waals surface area contributed by atoms with Crippen molar-refractivity contribution in [3.05, 3.63) is 89.5 Å². The summed E-state index contributed by atoms with van der Waals surface area (Å²) in [6.45, 7) is 2.32. The van der Waals surface area contributed by atoms with Gasteiger partial charge in [-0.25, -0.2) is 0 Å². The van der Waals surface area contributed by atoms with Crippen molar-refractivity contribution in [2.45, 2.75) is 68.9 Å². The Labute approximate surface area is 285 Å². The van der Waals surface area contributed by atoms with E-state index in [1.54, 1.807) is 58.2 Å². The van der Waals surface area contributed by atoms with Gasteiger partial charge in [-0.15, -0.1) is 0 Å². The summed E-state index contributed by atoms with van der Waals surface area (Å²) in [5.74, 6) is -3.38. The Hall–Kier alpha value is -3.99. The highest BCUT2D eigenvalue weighted by Crippen LogP contribution is 2.56. The average Bonchev–Trinajstić information content (AvgIpc) is 3.74. The number of fused-ring (bicyclic) bond motifs is 2. The molecule has 2 aromatic rings. The van der Waals surface area contributed by atoms with Crippen LogP contribution < -0.4 is 4.90 Å². The molecule has 2 aromatic carbocycles. The van der Waals surface area contributed by atoms with Crippen molar-refractivity contribution < 1.29 is 33.8 Å². The number of rotatable bonds is 7. The molecule has 0 aliphatic carbocycles. The number of likely N-dealkylation sites (tertiary alicyclic amines) is 1. The molecule has 6 rings (SSSR count). The number of likely N-dealkylation sites (N-methyl/N-ethyl adjacent to an activating group) is 1. The highest BCUT2D eigenvalue weighted by Gasteiger charge is 2.73. The number of ether oxygens (including phenoxy) is 2. The summed E-state index contributed by atoms with van der Waals surface area (Å²) in [7, 11) is 1.70. The van der Waals surface area contributed by atoms with Gasteiger partial charge in [-0.3, -0.25) is 19.2 Å². The summed E-state index contributed by atoms with van der Waals surface area (Å²) in [6, 6.07) is 14.6. The fraction of sp³-hybridized carbons (Fsp3) is 0.459. The summed E-state index contributed by atoms with van der Waals surface area (Å²) < 4.78 is 12.8. The number of hydrogen-bond donors (Lipinski definition) is 1. The smallest absolute Gasteiger partial charge is 0.313 e. The maximum Gasteiger partial charge on any atom is 0.313 e. The first-order valence-electron chi connectivity index (χ1n) is 16.7. The molecule has 0 aromatic heterocycles. The molecule has 2 saturated heterocycles. The molecule has 5 bridgehead atoms. The van der Waals surface area contributed by atoms with Gasteiger partial charge in [-0.05, 0) is 62.4 Å². The van der Waals surface area contributed by atoms with Gasteiger partial charge < -0.3 is 29.3 Å². The van der Waals surface area contributed by atoms with Crippen molar-refractivity contribution in [2.24, 2.45) is 11.8 Å². The number of halogens is 1. The number of benzene rings is 2. The molecule has 0 saturated carbocycles. The second-order valence-corrected chi connectivity index (χ2v) is 13.4. The Kier molecular flexibility index (Phi) is 10.1. The summed E-state index contributed by atoms with van der Waals surface area (Å²) in [5, 5.41) is 9.88. The van der Waals surface area contributed by atoms with Crippen LogP contribution in [-0.4, -0.2) is 89.1 Å². The highest BCUT2D eigenvalue weighted by molar-refractivity contribution is 6.30. The minimum Gasteiger partial charge on any atom is -0.455 e. The number of aliphatic hydroxyl groups excluding tert-OH is 1. The molecule has 3 amide bonds. The van der Waals surface area contributed by atoms with Crippen LogP contribution in [0.25, 0.3) is 0 Å². The Balaban J connectivity index is 1.44. The molecule has 254 valence electrons. The van der Waals surface area contributed by atoms with E-state index in [4.69, 9.17) is 21.1 Å². The normalized spacial score (nSPS) is 31.4. The van der Waals surface area contributed by atoms with Gasteiger partial charge in [-0.1, -0.05) is 66.2 Å². The number of anilines is 1. The van der Waals surface area contributed by atoms with Crippen LogP contribution in [0, 0.1) is 11.8 Å². The molecular formula is C37H42ClN3O7. The van der Waals surface area contributed by atoms with Crippen molar-refractivity contribution in [3.63, 3.8) is 0 Å². The summed E-state index contributed by atoms with van der Waals surface area (Å²) >= 11 is 6.20. The van der Waals surface area contributed by atoms with E-state index in [9.17, 15) is 24.3 Å². The number of cyclic esters (lactones) is 1. The molecule has 7 atom stereocenters. The van der Waals surface area contributed by atoms with Crippen molar-refractivity contribution in [2.75, 3.05) is 31.6 Å². The monoisotopic (exact) mass is 675 g/mol. The largest absolute Gasteiger partial charge is 0.455 e. The van der Waals surface area contributed by atoms with E-state index in [-0.39, 0.29) is 43.8 Å². The Morgan fingerprint density at radius 1 is 0.958 bits per heavy atom. The number of aliphatic hydroxyl groups is 1. The number of unbranched alkanes of at least 4 members (excludes halogenated alkanes) is 2. The maximum atomic E-state index is 14.8. The Bertz CT molecular complexity index is 1580. The van der Waals surface area contributed by atoms with Crippen LogP contribution in [0.5, 0.6) is 0 Å². The fourth-order valence-electron chi connectivity index (χ4n) is 7.52. The molecule has 4 heterocycles. The van der Waals surface area contributed by atoms with E-state index in [1.165, 1.54) is 0 Å². The zero-order chi connectivity index (χ0) is 34.0. The van der Waals surface area contributed by atoms with E-state index < -0.39 is 47.7 Å². The molecule has 4 aliphatic rings. The lowest BCUT2D eigenvalue weighted by Gasteiger charge is -2.36. The summed E-state index contributed by atoms with van der Waals surface area (Å²) in [4.78, 5) is 61.7. The lowest BCUT2D eigenvalue weighted by molar-refractivity contribution is -0.164. The second kappa shape index (κ2) is 14.2. The molecule has 48 heavy (non-hydrogen) atoms. The number of nitrogens with zero attached hydrogens (tertiary/aromatic N) is 3. The lowest BCUT2D eigenvalue weighted by Crippen LogP contribution is -2.56. The SMILES string of the molecule is C[C@@H]1[C@@H](c2ccccc2)OC(=O)[C@@H]2[C@@H]3C=C[C@]4(O3)[C@H](C(=O)N(c3ccc(Cl)cc3)C/C=C\CCC(=O)N1C)N(CCCCCO)C(=O)[C@@H]24. The third-order valence-electron chi connectivity index (χ3n) is 10.1. The number of allylic oxidation sites excluding steroid dienone is 1. The highest BCUT2D eigenvalue weighted by atomic mass is 35.5. The topological polar surface area (TPSA) is 117 Å². The summed E-state index contributed by atoms with van der Waals surface area (Å²) in [6.07, 6.45) is 8.19. The average molecular weight is 676 g/mol. The zero-order valence-electron chi connectivity index (χ0n) is 27.2. The number of carbonyl (C=O) groups is 4. The van der Waals surface area contributed by atoms with Crippen molar-refractivity contribution in [3.8, 4) is 0 Å². The molecule has 1 N–H and O–H groups in total. The minimum atomic E-state index is -1.37. The van der Waals surface area contributed by atoms with Crippen LogP contribution in [-0.2, 0) is 28.7 Å². The van der Waals surface area contributed by atoms with Gasteiger partial charge in [0.1, 0.15) is 23.7 Å². The minimum absolute atomic E-state index is 0.0305. The predicted molar refractivity (Wildman–Crippen MR) is 180 cm³/mol. The third kappa shape index (κ3) is 6.17. The molecule has 10 nitrogen and oxygen atoms in total. The number of carbonyl (C=O) groups excluding carboxylic acids is 4.